The minimum atomic E-state index is -1.65. The number of carbonyl (C=O) groups is 1. The molecule has 0 saturated carbocycles. The minimum absolute atomic E-state index is 0.159. The molecule has 6 nitrogen and oxygen atoms in total. The lowest BCUT2D eigenvalue weighted by molar-refractivity contribution is 0.0820. The molecular formula is C12H19BN2O4. The Morgan fingerprint density at radius 1 is 1.47 bits per heavy atom. The van der Waals surface area contributed by atoms with Crippen LogP contribution >= 0.6 is 0 Å². The van der Waals surface area contributed by atoms with Crippen LogP contribution in [-0.4, -0.2) is 42.3 Å². The highest BCUT2D eigenvalue weighted by Gasteiger charge is 2.22. The van der Waals surface area contributed by atoms with Crippen LogP contribution in [0.4, 0.5) is 5.69 Å². The molecule has 0 saturated heterocycles. The van der Waals surface area contributed by atoms with E-state index in [0.29, 0.717) is 12.2 Å². The average molecular weight is 266 g/mol. The summed E-state index contributed by atoms with van der Waals surface area (Å²) < 4.78 is 5.01. The van der Waals surface area contributed by atoms with Crippen LogP contribution in [0.1, 0.15) is 24.2 Å². The zero-order valence-electron chi connectivity index (χ0n) is 11.3. The minimum Gasteiger partial charge on any atom is -0.423 e. The number of nitrogen functional groups attached to an aromatic ring is 1. The van der Waals surface area contributed by atoms with Gasteiger partial charge < -0.3 is 25.8 Å². The summed E-state index contributed by atoms with van der Waals surface area (Å²) in [6.45, 7) is 4.05. The third-order valence-corrected chi connectivity index (χ3v) is 2.58. The summed E-state index contributed by atoms with van der Waals surface area (Å²) in [7, 11) is -0.0920. The number of hydrogen-bond acceptors (Lipinski definition) is 5. The van der Waals surface area contributed by atoms with Gasteiger partial charge in [-0.05, 0) is 26.0 Å². The number of anilines is 1. The summed E-state index contributed by atoms with van der Waals surface area (Å²) in [6, 6.07) is 4.31. The third kappa shape index (κ3) is 4.24. The van der Waals surface area contributed by atoms with Gasteiger partial charge in [-0.1, -0.05) is 6.07 Å². The third-order valence-electron chi connectivity index (χ3n) is 2.58. The number of carbonyl (C=O) groups excluding carboxylic acids is 1. The van der Waals surface area contributed by atoms with Gasteiger partial charge in [0.15, 0.2) is 0 Å². The molecule has 0 bridgehead atoms. The van der Waals surface area contributed by atoms with Crippen molar-refractivity contribution in [3.05, 3.63) is 23.8 Å². The summed E-state index contributed by atoms with van der Waals surface area (Å²) in [5.41, 5.74) is 5.84. The predicted octanol–water partition coefficient (Wildman–Crippen LogP) is -0.897. The van der Waals surface area contributed by atoms with E-state index in [1.54, 1.807) is 7.11 Å². The molecule has 0 aliphatic rings. The van der Waals surface area contributed by atoms with Crippen LogP contribution in [-0.2, 0) is 4.74 Å². The molecule has 1 aromatic carbocycles. The van der Waals surface area contributed by atoms with Crippen LogP contribution < -0.4 is 16.5 Å². The van der Waals surface area contributed by atoms with Gasteiger partial charge in [-0.15, -0.1) is 0 Å². The maximum absolute atomic E-state index is 12.0. The van der Waals surface area contributed by atoms with Crippen molar-refractivity contribution in [1.82, 2.24) is 5.32 Å². The number of ether oxygens (including phenoxy) is 1. The van der Waals surface area contributed by atoms with Gasteiger partial charge in [0.1, 0.15) is 0 Å². The van der Waals surface area contributed by atoms with Gasteiger partial charge in [0, 0.05) is 23.8 Å². The van der Waals surface area contributed by atoms with Crippen molar-refractivity contribution in [2.24, 2.45) is 0 Å². The monoisotopic (exact) mass is 266 g/mol. The van der Waals surface area contributed by atoms with Gasteiger partial charge in [-0.3, -0.25) is 4.79 Å². The quantitative estimate of drug-likeness (QED) is 0.408. The highest BCUT2D eigenvalue weighted by atomic mass is 16.5. The Labute approximate surface area is 112 Å². The molecule has 0 aromatic heterocycles. The van der Waals surface area contributed by atoms with E-state index < -0.39 is 12.7 Å². The lowest BCUT2D eigenvalue weighted by atomic mass is 9.78. The highest BCUT2D eigenvalue weighted by molar-refractivity contribution is 6.60. The zero-order chi connectivity index (χ0) is 14.6. The van der Waals surface area contributed by atoms with Crippen LogP contribution in [0, 0.1) is 0 Å². The molecule has 1 rings (SSSR count). The normalized spacial score (nSPS) is 11.2. The number of amides is 1. The van der Waals surface area contributed by atoms with Gasteiger partial charge in [-0.25, -0.2) is 0 Å². The second kappa shape index (κ2) is 6.05. The fourth-order valence-electron chi connectivity index (χ4n) is 1.73. The molecule has 1 amide bonds. The van der Waals surface area contributed by atoms with Crippen LogP contribution in [0.3, 0.4) is 0 Å². The molecule has 0 unspecified atom stereocenters. The Morgan fingerprint density at radius 3 is 2.58 bits per heavy atom. The first-order chi connectivity index (χ1) is 8.76. The smallest absolute Gasteiger partial charge is 0.423 e. The number of nitrogens with one attached hydrogen (secondary N) is 1. The molecule has 0 atom stereocenters. The second-order valence-corrected chi connectivity index (χ2v) is 4.99. The van der Waals surface area contributed by atoms with E-state index in [1.165, 1.54) is 18.2 Å². The molecule has 1 aromatic rings. The number of methoxy groups -OCH3 is 1. The van der Waals surface area contributed by atoms with E-state index in [-0.39, 0.29) is 17.1 Å². The molecule has 0 radical (unpaired) electrons. The first kappa shape index (κ1) is 15.5. The van der Waals surface area contributed by atoms with Crippen molar-refractivity contribution in [2.45, 2.75) is 19.4 Å². The maximum Gasteiger partial charge on any atom is 0.490 e. The molecule has 0 aliphatic carbocycles. The summed E-state index contributed by atoms with van der Waals surface area (Å²) in [6.07, 6.45) is 0. The molecule has 19 heavy (non-hydrogen) atoms. The first-order valence-electron chi connectivity index (χ1n) is 5.84. The lowest BCUT2D eigenvalue weighted by Crippen LogP contribution is -2.47. The van der Waals surface area contributed by atoms with Crippen molar-refractivity contribution < 1.29 is 19.6 Å². The summed E-state index contributed by atoms with van der Waals surface area (Å²) in [5.74, 6) is -0.298. The molecule has 0 fully saturated rings. The SMILES string of the molecule is COCC(C)(C)NC(=O)c1ccc(B(O)O)c(N)c1. The number of hydrogen-bond donors (Lipinski definition) is 4. The van der Waals surface area contributed by atoms with Crippen LogP contribution in [0.5, 0.6) is 0 Å². The van der Waals surface area contributed by atoms with Crippen molar-refractivity contribution in [3.63, 3.8) is 0 Å². The summed E-state index contributed by atoms with van der Waals surface area (Å²) in [4.78, 5) is 12.0. The molecule has 7 heteroatoms. The Bertz CT molecular complexity index is 463. The second-order valence-electron chi connectivity index (χ2n) is 4.99. The van der Waals surface area contributed by atoms with E-state index in [4.69, 9.17) is 20.5 Å². The molecule has 0 heterocycles. The highest BCUT2D eigenvalue weighted by Crippen LogP contribution is 2.09. The van der Waals surface area contributed by atoms with Crippen molar-refractivity contribution in [3.8, 4) is 0 Å². The Hall–Kier alpha value is -1.57. The summed E-state index contributed by atoms with van der Waals surface area (Å²) in [5, 5.41) is 20.9. The van der Waals surface area contributed by atoms with Gasteiger partial charge in [0.2, 0.25) is 0 Å². The topological polar surface area (TPSA) is 105 Å². The maximum atomic E-state index is 12.0. The molecule has 0 aliphatic heterocycles. The van der Waals surface area contributed by atoms with E-state index in [9.17, 15) is 4.79 Å². The number of nitrogens with two attached hydrogens (primary N) is 1. The standard InChI is InChI=1S/C12H19BN2O4/c1-12(2,7-19-3)15-11(16)8-4-5-9(13(17)18)10(14)6-8/h4-6,17-18H,7,14H2,1-3H3,(H,15,16). The lowest BCUT2D eigenvalue weighted by Gasteiger charge is -2.25. The van der Waals surface area contributed by atoms with Crippen molar-refractivity contribution in [1.29, 1.82) is 0 Å². The molecule has 5 N–H and O–H groups in total. The number of benzene rings is 1. The predicted molar refractivity (Wildman–Crippen MR) is 74.1 cm³/mol. The van der Waals surface area contributed by atoms with E-state index in [1.807, 2.05) is 13.8 Å². The Balaban J connectivity index is 2.87. The molecular weight excluding hydrogens is 247 g/mol. The van der Waals surface area contributed by atoms with Gasteiger partial charge in [0.05, 0.1) is 12.1 Å². The molecule has 0 spiro atoms. The Kier molecular flexibility index (Phi) is 4.93. The number of rotatable bonds is 5. The van der Waals surface area contributed by atoms with Crippen LogP contribution in [0.15, 0.2) is 18.2 Å². The fraction of sp³-hybridized carbons (Fsp3) is 0.417. The average Bonchev–Trinajstić information content (AvgIpc) is 2.27. The van der Waals surface area contributed by atoms with E-state index >= 15 is 0 Å². The van der Waals surface area contributed by atoms with Crippen LogP contribution in [0.25, 0.3) is 0 Å². The van der Waals surface area contributed by atoms with Gasteiger partial charge >= 0.3 is 7.12 Å². The van der Waals surface area contributed by atoms with Gasteiger partial charge in [-0.2, -0.15) is 0 Å². The molecule has 104 valence electrons. The van der Waals surface area contributed by atoms with Crippen molar-refractivity contribution >= 4 is 24.2 Å². The van der Waals surface area contributed by atoms with E-state index in [0.717, 1.165) is 0 Å². The van der Waals surface area contributed by atoms with E-state index in [2.05, 4.69) is 5.32 Å². The first-order valence-corrected chi connectivity index (χ1v) is 5.84. The van der Waals surface area contributed by atoms with Crippen molar-refractivity contribution in [2.75, 3.05) is 19.5 Å². The summed E-state index contributed by atoms with van der Waals surface area (Å²) >= 11 is 0. The zero-order valence-corrected chi connectivity index (χ0v) is 11.3. The van der Waals surface area contributed by atoms with Crippen LogP contribution in [0.2, 0.25) is 0 Å². The Morgan fingerprint density at radius 2 is 2.11 bits per heavy atom. The largest absolute Gasteiger partial charge is 0.490 e. The van der Waals surface area contributed by atoms with Gasteiger partial charge in [0.25, 0.3) is 5.91 Å². The fourth-order valence-corrected chi connectivity index (χ4v) is 1.73.